The van der Waals surface area contributed by atoms with E-state index in [9.17, 15) is 0 Å². The fraction of sp³-hybridized carbons (Fsp3) is 0.368. The molecular formula is C19H20ClN3OS. The molecule has 0 unspecified atom stereocenters. The summed E-state index contributed by atoms with van der Waals surface area (Å²) in [4.78, 5) is 12.0. The van der Waals surface area contributed by atoms with E-state index in [1.807, 2.05) is 54.4 Å². The van der Waals surface area contributed by atoms with Gasteiger partial charge in [-0.3, -0.25) is 9.98 Å². The van der Waals surface area contributed by atoms with Crippen molar-refractivity contribution in [3.05, 3.63) is 58.9 Å². The first-order valence-electron chi connectivity index (χ1n) is 8.46. The molecule has 0 N–H and O–H groups in total. The highest BCUT2D eigenvalue weighted by Crippen LogP contribution is 2.50. The number of ether oxygens (including phenoxy) is 1. The lowest BCUT2D eigenvalue weighted by Crippen LogP contribution is -2.35. The fourth-order valence-electron chi connectivity index (χ4n) is 3.62. The summed E-state index contributed by atoms with van der Waals surface area (Å²) in [6.07, 6.45) is 2.91. The van der Waals surface area contributed by atoms with Gasteiger partial charge in [-0.25, -0.2) is 0 Å². The van der Waals surface area contributed by atoms with Gasteiger partial charge in [0.15, 0.2) is 5.17 Å². The van der Waals surface area contributed by atoms with Crippen molar-refractivity contribution in [2.45, 2.75) is 31.5 Å². The maximum absolute atomic E-state index is 6.33. The molecule has 4 rings (SSSR count). The Morgan fingerprint density at radius 3 is 2.92 bits per heavy atom. The molecule has 0 saturated carbocycles. The minimum absolute atomic E-state index is 0.0505. The monoisotopic (exact) mass is 373 g/mol. The zero-order chi connectivity index (χ0) is 17.4. The zero-order valence-electron chi connectivity index (χ0n) is 14.2. The van der Waals surface area contributed by atoms with E-state index in [1.54, 1.807) is 7.11 Å². The number of aliphatic imine (C=N–C) groups is 1. The van der Waals surface area contributed by atoms with Crippen LogP contribution in [-0.2, 0) is 0 Å². The summed E-state index contributed by atoms with van der Waals surface area (Å²) in [5.41, 5.74) is 2.05. The molecule has 3 atom stereocenters. The van der Waals surface area contributed by atoms with Crippen LogP contribution in [0.5, 0.6) is 5.75 Å². The minimum Gasteiger partial charge on any atom is -0.496 e. The van der Waals surface area contributed by atoms with Gasteiger partial charge in [0.1, 0.15) is 11.8 Å². The highest BCUT2D eigenvalue weighted by Gasteiger charge is 2.46. The molecule has 130 valence electrons. The van der Waals surface area contributed by atoms with E-state index in [2.05, 4.69) is 16.8 Å². The predicted molar refractivity (Wildman–Crippen MR) is 104 cm³/mol. The Hall–Kier alpha value is -1.72. The van der Waals surface area contributed by atoms with E-state index in [0.29, 0.717) is 11.1 Å². The Morgan fingerprint density at radius 2 is 2.20 bits per heavy atom. The predicted octanol–water partition coefficient (Wildman–Crippen LogP) is 4.72. The van der Waals surface area contributed by atoms with Crippen LogP contribution in [0.4, 0.5) is 0 Å². The van der Waals surface area contributed by atoms with Gasteiger partial charge < -0.3 is 9.64 Å². The second-order valence-electron chi connectivity index (χ2n) is 6.22. The molecule has 2 aromatic rings. The Balaban J connectivity index is 1.85. The number of fused-ring (bicyclic) bond motifs is 1. The minimum atomic E-state index is -0.0505. The average Bonchev–Trinajstić information content (AvgIpc) is 3.21. The fourth-order valence-corrected chi connectivity index (χ4v) is 5.14. The van der Waals surface area contributed by atoms with Gasteiger partial charge in [0, 0.05) is 28.6 Å². The van der Waals surface area contributed by atoms with E-state index in [-0.39, 0.29) is 12.1 Å². The van der Waals surface area contributed by atoms with E-state index in [4.69, 9.17) is 21.3 Å². The maximum Gasteiger partial charge on any atom is 0.160 e. The number of nitrogens with zero attached hydrogens (tertiary/aromatic N) is 3. The van der Waals surface area contributed by atoms with Crippen molar-refractivity contribution in [3.8, 4) is 5.75 Å². The first-order chi connectivity index (χ1) is 12.2. The third kappa shape index (κ3) is 2.89. The molecule has 0 aliphatic carbocycles. The smallest absolute Gasteiger partial charge is 0.160 e. The van der Waals surface area contributed by atoms with Gasteiger partial charge in [-0.15, -0.1) is 0 Å². The first-order valence-corrected chi connectivity index (χ1v) is 9.82. The molecule has 1 fully saturated rings. The van der Waals surface area contributed by atoms with Crippen LogP contribution < -0.4 is 4.74 Å². The molecule has 1 aromatic carbocycles. The summed E-state index contributed by atoms with van der Waals surface area (Å²) < 4.78 is 5.65. The average molecular weight is 374 g/mol. The van der Waals surface area contributed by atoms with Gasteiger partial charge in [0.05, 0.1) is 18.8 Å². The lowest BCUT2D eigenvalue weighted by Gasteiger charge is -2.32. The van der Waals surface area contributed by atoms with Crippen molar-refractivity contribution in [1.82, 2.24) is 9.88 Å². The van der Waals surface area contributed by atoms with E-state index in [1.165, 1.54) is 0 Å². The summed E-state index contributed by atoms with van der Waals surface area (Å²) in [5.74, 6) is 1.92. The van der Waals surface area contributed by atoms with Crippen molar-refractivity contribution in [2.75, 3.05) is 12.9 Å². The van der Waals surface area contributed by atoms with Crippen LogP contribution in [0, 0.1) is 0 Å². The molecule has 25 heavy (non-hydrogen) atoms. The molecule has 0 bridgehead atoms. The van der Waals surface area contributed by atoms with Gasteiger partial charge in [-0.05, 0) is 36.8 Å². The zero-order valence-corrected chi connectivity index (χ0v) is 15.8. The van der Waals surface area contributed by atoms with E-state index < -0.39 is 0 Å². The summed E-state index contributed by atoms with van der Waals surface area (Å²) >= 11 is 8.16. The summed E-state index contributed by atoms with van der Waals surface area (Å²) in [6, 6.07) is 12.3. The molecule has 1 saturated heterocycles. The van der Waals surface area contributed by atoms with Crippen LogP contribution in [-0.4, -0.2) is 34.0 Å². The Labute approximate surface area is 157 Å². The molecule has 1 aromatic heterocycles. The largest absolute Gasteiger partial charge is 0.496 e. The normalized spacial score (nSPS) is 25.0. The number of halogens is 1. The lowest BCUT2D eigenvalue weighted by molar-refractivity contribution is 0.249. The maximum atomic E-state index is 6.33. The van der Waals surface area contributed by atoms with Crippen LogP contribution in [0.3, 0.4) is 0 Å². The number of rotatable bonds is 4. The number of hydrogen-bond donors (Lipinski definition) is 0. The third-order valence-corrected chi connectivity index (χ3v) is 6.20. The Kier molecular flexibility index (Phi) is 4.61. The van der Waals surface area contributed by atoms with Crippen LogP contribution in [0.2, 0.25) is 5.02 Å². The van der Waals surface area contributed by atoms with Crippen LogP contribution >= 0.6 is 23.4 Å². The van der Waals surface area contributed by atoms with Crippen molar-refractivity contribution in [2.24, 2.45) is 4.99 Å². The second-order valence-corrected chi connectivity index (χ2v) is 7.65. The Bertz CT molecular complexity index is 799. The number of pyridine rings is 1. The summed E-state index contributed by atoms with van der Waals surface area (Å²) in [5, 5.41) is 1.82. The first kappa shape index (κ1) is 16.7. The van der Waals surface area contributed by atoms with Gasteiger partial charge in [0.25, 0.3) is 0 Å². The molecule has 3 heterocycles. The second kappa shape index (κ2) is 6.89. The quantitative estimate of drug-likeness (QED) is 0.776. The Morgan fingerprint density at radius 1 is 1.32 bits per heavy atom. The molecule has 0 spiro atoms. The van der Waals surface area contributed by atoms with Crippen molar-refractivity contribution >= 4 is 28.5 Å². The van der Waals surface area contributed by atoms with Gasteiger partial charge >= 0.3 is 0 Å². The number of methoxy groups -OCH3 is 1. The van der Waals surface area contributed by atoms with Crippen LogP contribution in [0.25, 0.3) is 0 Å². The van der Waals surface area contributed by atoms with Crippen molar-refractivity contribution < 1.29 is 4.74 Å². The number of benzene rings is 1. The topological polar surface area (TPSA) is 37.7 Å². The van der Waals surface area contributed by atoms with E-state index >= 15 is 0 Å². The molecule has 6 heteroatoms. The molecular weight excluding hydrogens is 354 g/mol. The lowest BCUT2D eigenvalue weighted by atomic mass is 9.94. The van der Waals surface area contributed by atoms with Crippen LogP contribution in [0.1, 0.15) is 36.7 Å². The molecule has 0 amide bonds. The van der Waals surface area contributed by atoms with E-state index in [0.717, 1.165) is 34.3 Å². The third-order valence-electron chi connectivity index (χ3n) is 4.84. The van der Waals surface area contributed by atoms with Gasteiger partial charge in [0.2, 0.25) is 0 Å². The highest BCUT2D eigenvalue weighted by atomic mass is 35.5. The molecule has 2 aliphatic heterocycles. The standard InChI is InChI=1S/C19H20ClN3OS/c1-3-13-11-25-19-22-17(15-6-4-5-9-21-15)18(23(13)19)14-10-12(20)7-8-16(14)24-2/h4-10,13,17-18H,3,11H2,1-2H3/t13-,17+,18-/m1/s1. The van der Waals surface area contributed by atoms with Crippen molar-refractivity contribution in [1.29, 1.82) is 0 Å². The SMILES string of the molecule is CC[C@@H]1CSC2=N[C@@H](c3ccccn3)[C@@H](c3cc(Cl)ccc3OC)N21. The molecule has 0 radical (unpaired) electrons. The number of hydrogen-bond acceptors (Lipinski definition) is 5. The molecule has 2 aliphatic rings. The number of thioether (sulfide) groups is 1. The highest BCUT2D eigenvalue weighted by molar-refractivity contribution is 8.14. The summed E-state index contributed by atoms with van der Waals surface area (Å²) in [6.45, 7) is 2.23. The van der Waals surface area contributed by atoms with Gasteiger partial charge in [-0.1, -0.05) is 36.4 Å². The van der Waals surface area contributed by atoms with Gasteiger partial charge in [-0.2, -0.15) is 0 Å². The van der Waals surface area contributed by atoms with Crippen LogP contribution in [0.15, 0.2) is 47.6 Å². The number of amidine groups is 1. The van der Waals surface area contributed by atoms with Crippen molar-refractivity contribution in [3.63, 3.8) is 0 Å². The molecule has 4 nitrogen and oxygen atoms in total. The summed E-state index contributed by atoms with van der Waals surface area (Å²) in [7, 11) is 1.70. The number of aromatic nitrogens is 1.